The molecule has 0 saturated heterocycles. The van der Waals surface area contributed by atoms with Gasteiger partial charge in [0.05, 0.1) is 0 Å². The summed E-state index contributed by atoms with van der Waals surface area (Å²) >= 11 is 0. The van der Waals surface area contributed by atoms with E-state index in [9.17, 15) is 14.0 Å². The summed E-state index contributed by atoms with van der Waals surface area (Å²) in [7, 11) is 0. The summed E-state index contributed by atoms with van der Waals surface area (Å²) in [6.07, 6.45) is 3.13. The van der Waals surface area contributed by atoms with Crippen LogP contribution in [-0.2, 0) is 0 Å². The summed E-state index contributed by atoms with van der Waals surface area (Å²) in [5, 5.41) is 16.5. The third-order valence-electron chi connectivity index (χ3n) is 3.62. The molecule has 0 spiro atoms. The van der Waals surface area contributed by atoms with Gasteiger partial charge in [-0.1, -0.05) is 0 Å². The van der Waals surface area contributed by atoms with Crippen molar-refractivity contribution >= 4 is 11.6 Å². The van der Waals surface area contributed by atoms with Crippen molar-refractivity contribution in [1.29, 1.82) is 5.26 Å². The van der Waals surface area contributed by atoms with Crippen LogP contribution in [-0.4, -0.2) is 15.8 Å². The molecular weight excluding hydrogens is 276 g/mol. The lowest BCUT2D eigenvalue weighted by atomic mass is 9.93. The van der Waals surface area contributed by atoms with Gasteiger partial charge in [0.15, 0.2) is 11.6 Å². The number of hydrogen-bond donors (Lipinski definition) is 2. The van der Waals surface area contributed by atoms with Gasteiger partial charge in [0.1, 0.15) is 29.0 Å². The molecule has 0 radical (unpaired) electrons. The number of benzene rings is 1. The molecule has 5 nitrogen and oxygen atoms in total. The van der Waals surface area contributed by atoms with Crippen LogP contribution in [0.25, 0.3) is 5.69 Å². The van der Waals surface area contributed by atoms with Crippen molar-refractivity contribution in [3.63, 3.8) is 0 Å². The van der Waals surface area contributed by atoms with Gasteiger partial charge in [-0.05, 0) is 31.4 Å². The lowest BCUT2D eigenvalue weighted by Crippen LogP contribution is -2.27. The average Bonchev–Trinajstić information content (AvgIpc) is 2.70. The maximum atomic E-state index is 13.8. The normalized spacial score (nSPS) is 14.5. The van der Waals surface area contributed by atoms with E-state index in [1.807, 2.05) is 6.07 Å². The second-order valence-corrected chi connectivity index (χ2v) is 5.00. The second kappa shape index (κ2) is 5.05. The largest absolute Gasteiger partial charge is 0.382 e. The highest BCUT2D eigenvalue weighted by molar-refractivity contribution is 5.66. The molecule has 0 unspecified atom stereocenters. The van der Waals surface area contributed by atoms with Crippen molar-refractivity contribution in [1.82, 2.24) is 9.78 Å². The van der Waals surface area contributed by atoms with E-state index in [1.165, 1.54) is 6.07 Å². The Morgan fingerprint density at radius 3 is 2.71 bits per heavy atom. The Balaban J connectivity index is 2.04. The molecule has 1 fully saturated rings. The van der Waals surface area contributed by atoms with Gasteiger partial charge in [0.25, 0.3) is 0 Å². The number of rotatable bonds is 3. The molecule has 0 aliphatic heterocycles. The first-order valence-electron chi connectivity index (χ1n) is 6.60. The molecule has 108 valence electrons. The van der Waals surface area contributed by atoms with Gasteiger partial charge in [0, 0.05) is 12.1 Å². The summed E-state index contributed by atoms with van der Waals surface area (Å²) in [4.78, 5) is 0. The number of nitrogen functional groups attached to an aromatic ring is 1. The fraction of sp³-hybridized carbons (Fsp3) is 0.286. The van der Waals surface area contributed by atoms with Gasteiger partial charge < -0.3 is 11.1 Å². The molecule has 1 aliphatic rings. The molecule has 0 atom stereocenters. The van der Waals surface area contributed by atoms with Crippen molar-refractivity contribution in [2.45, 2.75) is 25.3 Å². The second-order valence-electron chi connectivity index (χ2n) is 5.00. The molecule has 21 heavy (non-hydrogen) atoms. The highest BCUT2D eigenvalue weighted by atomic mass is 19.1. The number of nitrogens with two attached hydrogens (primary N) is 1. The highest BCUT2D eigenvalue weighted by Crippen LogP contribution is 2.29. The number of nitrogens with zero attached hydrogens (tertiary/aromatic N) is 3. The minimum atomic E-state index is -0.788. The van der Waals surface area contributed by atoms with E-state index in [0.29, 0.717) is 5.82 Å². The Bertz CT molecular complexity index is 728. The van der Waals surface area contributed by atoms with E-state index < -0.39 is 11.6 Å². The Morgan fingerprint density at radius 2 is 2.14 bits per heavy atom. The van der Waals surface area contributed by atoms with E-state index in [0.717, 1.165) is 36.1 Å². The molecule has 1 aromatic heterocycles. The lowest BCUT2D eigenvalue weighted by molar-refractivity contribution is 0.444. The standard InChI is InChI=1S/C14H13F2N5/c15-8-4-5-12(11(16)6-8)21-13(18)10(7-17)14(20-21)19-9-2-1-3-9/h4-6,9H,1-3,18H2,(H,19,20). The number of hydrogen-bond acceptors (Lipinski definition) is 4. The predicted molar refractivity (Wildman–Crippen MR) is 73.9 cm³/mol. The summed E-state index contributed by atoms with van der Waals surface area (Å²) in [6, 6.07) is 5.34. The number of nitrogens with one attached hydrogen (secondary N) is 1. The van der Waals surface area contributed by atoms with Crippen LogP contribution in [0, 0.1) is 23.0 Å². The fourth-order valence-corrected chi connectivity index (χ4v) is 2.22. The van der Waals surface area contributed by atoms with Gasteiger partial charge in [-0.3, -0.25) is 0 Å². The van der Waals surface area contributed by atoms with Crippen molar-refractivity contribution in [2.24, 2.45) is 0 Å². The van der Waals surface area contributed by atoms with Crippen molar-refractivity contribution < 1.29 is 8.78 Å². The topological polar surface area (TPSA) is 79.7 Å². The van der Waals surface area contributed by atoms with Crippen molar-refractivity contribution in [2.75, 3.05) is 11.1 Å². The zero-order valence-electron chi connectivity index (χ0n) is 11.1. The van der Waals surface area contributed by atoms with Crippen LogP contribution in [0.1, 0.15) is 24.8 Å². The van der Waals surface area contributed by atoms with Crippen LogP contribution >= 0.6 is 0 Å². The number of halogens is 2. The monoisotopic (exact) mass is 289 g/mol. The van der Waals surface area contributed by atoms with E-state index >= 15 is 0 Å². The van der Waals surface area contributed by atoms with Crippen LogP contribution < -0.4 is 11.1 Å². The first-order valence-corrected chi connectivity index (χ1v) is 6.60. The quantitative estimate of drug-likeness (QED) is 0.910. The number of aromatic nitrogens is 2. The van der Waals surface area contributed by atoms with Crippen LogP contribution in [0.3, 0.4) is 0 Å². The van der Waals surface area contributed by atoms with Crippen LogP contribution in [0.2, 0.25) is 0 Å². The minimum absolute atomic E-state index is 0.00654. The third-order valence-corrected chi connectivity index (χ3v) is 3.62. The molecule has 3 rings (SSSR count). The van der Waals surface area contributed by atoms with E-state index in [4.69, 9.17) is 5.73 Å². The first kappa shape index (κ1) is 13.4. The first-order chi connectivity index (χ1) is 10.1. The molecule has 1 aliphatic carbocycles. The zero-order valence-corrected chi connectivity index (χ0v) is 11.1. The smallest absolute Gasteiger partial charge is 0.168 e. The summed E-state index contributed by atoms with van der Waals surface area (Å²) < 4.78 is 27.9. The summed E-state index contributed by atoms with van der Waals surface area (Å²) in [5.41, 5.74) is 6.04. The Kier molecular flexibility index (Phi) is 3.22. The summed E-state index contributed by atoms with van der Waals surface area (Å²) in [6.45, 7) is 0. The van der Waals surface area contributed by atoms with Gasteiger partial charge in [-0.2, -0.15) is 5.26 Å². The maximum absolute atomic E-state index is 13.8. The van der Waals surface area contributed by atoms with Crippen LogP contribution in [0.4, 0.5) is 20.4 Å². The van der Waals surface area contributed by atoms with Gasteiger partial charge in [-0.15, -0.1) is 5.10 Å². The molecule has 1 aromatic carbocycles. The Hall–Kier alpha value is -2.62. The van der Waals surface area contributed by atoms with Crippen LogP contribution in [0.15, 0.2) is 18.2 Å². The Morgan fingerprint density at radius 1 is 1.38 bits per heavy atom. The van der Waals surface area contributed by atoms with Crippen molar-refractivity contribution in [3.05, 3.63) is 35.4 Å². The molecule has 2 aromatic rings. The van der Waals surface area contributed by atoms with Gasteiger partial charge in [0.2, 0.25) is 0 Å². The van der Waals surface area contributed by atoms with Crippen LogP contribution in [0.5, 0.6) is 0 Å². The predicted octanol–water partition coefficient (Wildman–Crippen LogP) is 2.57. The molecular formula is C14H13F2N5. The Labute approximate surface area is 120 Å². The SMILES string of the molecule is N#Cc1c(NC2CCC2)nn(-c2ccc(F)cc2F)c1N. The molecule has 0 amide bonds. The fourth-order valence-electron chi connectivity index (χ4n) is 2.22. The minimum Gasteiger partial charge on any atom is -0.382 e. The maximum Gasteiger partial charge on any atom is 0.168 e. The van der Waals surface area contributed by atoms with Gasteiger partial charge >= 0.3 is 0 Å². The summed E-state index contributed by atoms with van der Waals surface area (Å²) in [5.74, 6) is -1.10. The number of nitriles is 1. The van der Waals surface area contributed by atoms with E-state index in [-0.39, 0.29) is 23.1 Å². The molecule has 3 N–H and O–H groups in total. The van der Waals surface area contributed by atoms with E-state index in [2.05, 4.69) is 10.4 Å². The average molecular weight is 289 g/mol. The van der Waals surface area contributed by atoms with Crippen molar-refractivity contribution in [3.8, 4) is 11.8 Å². The molecule has 7 heteroatoms. The molecule has 0 bridgehead atoms. The molecule has 1 heterocycles. The van der Waals surface area contributed by atoms with E-state index in [1.54, 1.807) is 0 Å². The highest BCUT2D eigenvalue weighted by Gasteiger charge is 2.23. The zero-order chi connectivity index (χ0) is 15.0. The number of anilines is 2. The molecule has 1 saturated carbocycles. The lowest BCUT2D eigenvalue weighted by Gasteiger charge is -2.26. The van der Waals surface area contributed by atoms with Gasteiger partial charge in [-0.25, -0.2) is 13.5 Å². The third kappa shape index (κ3) is 2.29.